The minimum absolute atomic E-state index is 0.0356. The zero-order valence-corrected chi connectivity index (χ0v) is 16.3. The molecule has 1 aliphatic heterocycles. The zero-order valence-electron chi connectivity index (χ0n) is 15.5. The highest BCUT2D eigenvalue weighted by Gasteiger charge is 2.25. The minimum atomic E-state index is -0.0697. The maximum absolute atomic E-state index is 12.9. The van der Waals surface area contributed by atoms with Crippen molar-refractivity contribution in [1.82, 2.24) is 14.9 Å². The lowest BCUT2D eigenvalue weighted by Gasteiger charge is -2.25. The monoisotopic (exact) mass is 359 g/mol. The van der Waals surface area contributed by atoms with Crippen LogP contribution in [0.4, 0.5) is 0 Å². The summed E-state index contributed by atoms with van der Waals surface area (Å²) in [5, 5.41) is 1.12. The molecular weight excluding hydrogens is 334 g/mol. The predicted octanol–water partition coefficient (Wildman–Crippen LogP) is 4.13. The molecule has 0 saturated carbocycles. The third-order valence-electron chi connectivity index (χ3n) is 4.64. The van der Waals surface area contributed by atoms with Gasteiger partial charge in [0.05, 0.1) is 29.5 Å². The Hall–Kier alpha value is -1.95. The molecule has 134 valence electrons. The van der Waals surface area contributed by atoms with Crippen molar-refractivity contribution in [3.8, 4) is 5.75 Å². The van der Waals surface area contributed by atoms with Gasteiger partial charge in [0, 0.05) is 17.8 Å². The average molecular weight is 359 g/mol. The smallest absolute Gasteiger partial charge is 0.272 e. The highest BCUT2D eigenvalue weighted by molar-refractivity contribution is 7.11. The molecule has 0 aliphatic carbocycles. The number of fused-ring (bicyclic) bond motifs is 1. The van der Waals surface area contributed by atoms with Gasteiger partial charge in [-0.2, -0.15) is 0 Å². The fourth-order valence-electron chi connectivity index (χ4n) is 2.97. The number of hydrogen-bond donors (Lipinski definition) is 0. The van der Waals surface area contributed by atoms with Crippen LogP contribution in [0, 0.1) is 6.92 Å². The molecule has 0 radical (unpaired) electrons. The second-order valence-corrected chi connectivity index (χ2v) is 7.94. The molecule has 1 aliphatic rings. The first-order valence-electron chi connectivity index (χ1n) is 8.74. The number of thiazole rings is 1. The molecular formula is C19H25N3O2S. The van der Waals surface area contributed by atoms with Crippen LogP contribution in [0.3, 0.4) is 0 Å². The molecule has 1 unspecified atom stereocenters. The summed E-state index contributed by atoms with van der Waals surface area (Å²) in [5.74, 6) is 1.13. The number of ether oxygens (including phenoxy) is 1. The number of aryl methyl sites for hydroxylation is 2. The van der Waals surface area contributed by atoms with Crippen molar-refractivity contribution in [2.24, 2.45) is 0 Å². The van der Waals surface area contributed by atoms with Gasteiger partial charge in [-0.3, -0.25) is 4.79 Å². The first-order chi connectivity index (χ1) is 11.9. The van der Waals surface area contributed by atoms with Crippen molar-refractivity contribution in [2.45, 2.75) is 52.5 Å². The van der Waals surface area contributed by atoms with E-state index in [1.807, 2.05) is 27.0 Å². The SMILES string of the molecule is Cc1nc(C(C)C)sc1C(C)N(C)C(=O)c1cc2c(cn1)OCCC2. The Morgan fingerprint density at radius 2 is 2.12 bits per heavy atom. The number of hydrogen-bond acceptors (Lipinski definition) is 5. The molecule has 3 heterocycles. The number of amides is 1. The Morgan fingerprint density at radius 1 is 1.36 bits per heavy atom. The summed E-state index contributed by atoms with van der Waals surface area (Å²) >= 11 is 1.69. The molecule has 1 atom stereocenters. The van der Waals surface area contributed by atoms with Crippen LogP contribution in [-0.4, -0.2) is 34.4 Å². The van der Waals surface area contributed by atoms with Crippen molar-refractivity contribution in [2.75, 3.05) is 13.7 Å². The van der Waals surface area contributed by atoms with E-state index >= 15 is 0 Å². The summed E-state index contributed by atoms with van der Waals surface area (Å²) in [4.78, 5) is 24.8. The molecule has 0 aromatic carbocycles. The molecule has 3 rings (SSSR count). The van der Waals surface area contributed by atoms with Crippen LogP contribution in [0.2, 0.25) is 0 Å². The number of carbonyl (C=O) groups is 1. The highest BCUT2D eigenvalue weighted by atomic mass is 32.1. The van der Waals surface area contributed by atoms with E-state index in [1.165, 1.54) is 0 Å². The van der Waals surface area contributed by atoms with E-state index < -0.39 is 0 Å². The molecule has 0 bridgehead atoms. The third kappa shape index (κ3) is 3.54. The maximum atomic E-state index is 12.9. The Bertz CT molecular complexity index is 785. The highest BCUT2D eigenvalue weighted by Crippen LogP contribution is 2.32. The molecule has 0 spiro atoms. The Morgan fingerprint density at radius 3 is 2.80 bits per heavy atom. The Labute approximate surface area is 153 Å². The van der Waals surface area contributed by atoms with E-state index in [2.05, 4.69) is 23.8 Å². The summed E-state index contributed by atoms with van der Waals surface area (Å²) in [6.07, 6.45) is 3.59. The molecule has 2 aromatic rings. The van der Waals surface area contributed by atoms with Gasteiger partial charge in [0.2, 0.25) is 0 Å². The van der Waals surface area contributed by atoms with Crippen LogP contribution in [-0.2, 0) is 6.42 Å². The van der Waals surface area contributed by atoms with E-state index in [9.17, 15) is 4.79 Å². The molecule has 6 heteroatoms. The number of pyridine rings is 1. The number of carbonyl (C=O) groups excluding carboxylic acids is 1. The molecule has 0 fully saturated rings. The first kappa shape index (κ1) is 17.9. The Balaban J connectivity index is 1.82. The van der Waals surface area contributed by atoms with Crippen molar-refractivity contribution in [1.29, 1.82) is 0 Å². The fourth-order valence-corrected chi connectivity index (χ4v) is 4.13. The van der Waals surface area contributed by atoms with E-state index in [0.717, 1.165) is 46.3 Å². The largest absolute Gasteiger partial charge is 0.492 e. The van der Waals surface area contributed by atoms with Gasteiger partial charge in [0.15, 0.2) is 0 Å². The van der Waals surface area contributed by atoms with Crippen molar-refractivity contribution >= 4 is 17.2 Å². The summed E-state index contributed by atoms with van der Waals surface area (Å²) in [6.45, 7) is 9.06. The normalized spacial score (nSPS) is 14.8. The fraction of sp³-hybridized carbons (Fsp3) is 0.526. The van der Waals surface area contributed by atoms with Crippen LogP contribution in [0.25, 0.3) is 0 Å². The van der Waals surface area contributed by atoms with Gasteiger partial charge < -0.3 is 9.64 Å². The van der Waals surface area contributed by atoms with E-state index in [1.54, 1.807) is 22.4 Å². The number of aromatic nitrogens is 2. The van der Waals surface area contributed by atoms with E-state index in [4.69, 9.17) is 4.74 Å². The summed E-state index contributed by atoms with van der Waals surface area (Å²) < 4.78 is 5.58. The molecule has 5 nitrogen and oxygen atoms in total. The molecule has 0 saturated heterocycles. The molecule has 25 heavy (non-hydrogen) atoms. The van der Waals surface area contributed by atoms with Gasteiger partial charge in [-0.1, -0.05) is 13.8 Å². The Kier molecular flexibility index (Phi) is 5.08. The van der Waals surface area contributed by atoms with Crippen LogP contribution >= 0.6 is 11.3 Å². The minimum Gasteiger partial charge on any atom is -0.492 e. The van der Waals surface area contributed by atoms with Gasteiger partial charge in [-0.05, 0) is 38.3 Å². The molecule has 1 amide bonds. The van der Waals surface area contributed by atoms with Gasteiger partial charge in [0.1, 0.15) is 11.4 Å². The lowest BCUT2D eigenvalue weighted by atomic mass is 10.1. The second kappa shape index (κ2) is 7.12. The van der Waals surface area contributed by atoms with Crippen LogP contribution < -0.4 is 4.74 Å². The summed E-state index contributed by atoms with van der Waals surface area (Å²) in [6, 6.07) is 1.84. The second-order valence-electron chi connectivity index (χ2n) is 6.88. The van der Waals surface area contributed by atoms with Crippen LogP contribution in [0.15, 0.2) is 12.3 Å². The van der Waals surface area contributed by atoms with Crippen molar-refractivity contribution < 1.29 is 9.53 Å². The lowest BCUT2D eigenvalue weighted by molar-refractivity contribution is 0.0738. The summed E-state index contributed by atoms with van der Waals surface area (Å²) in [5.41, 5.74) is 2.55. The van der Waals surface area contributed by atoms with Crippen molar-refractivity contribution in [3.63, 3.8) is 0 Å². The van der Waals surface area contributed by atoms with Gasteiger partial charge in [0.25, 0.3) is 5.91 Å². The first-order valence-corrected chi connectivity index (χ1v) is 9.56. The van der Waals surface area contributed by atoms with E-state index in [-0.39, 0.29) is 11.9 Å². The summed E-state index contributed by atoms with van der Waals surface area (Å²) in [7, 11) is 1.83. The standard InChI is InChI=1S/C19H25N3O2S/c1-11(2)18-21-12(3)17(25-18)13(4)22(5)19(23)15-9-14-7-6-8-24-16(14)10-20-15/h9-11,13H,6-8H2,1-5H3. The zero-order chi connectivity index (χ0) is 18.1. The van der Waals surface area contributed by atoms with Gasteiger partial charge >= 0.3 is 0 Å². The lowest BCUT2D eigenvalue weighted by Crippen LogP contribution is -2.30. The van der Waals surface area contributed by atoms with Crippen molar-refractivity contribution in [3.05, 3.63) is 39.1 Å². The topological polar surface area (TPSA) is 55.3 Å². The molecule has 0 N–H and O–H groups in total. The van der Waals surface area contributed by atoms with Gasteiger partial charge in [-0.15, -0.1) is 11.3 Å². The number of nitrogens with zero attached hydrogens (tertiary/aromatic N) is 3. The van der Waals surface area contributed by atoms with E-state index in [0.29, 0.717) is 11.6 Å². The van der Waals surface area contributed by atoms with Crippen LogP contribution in [0.5, 0.6) is 5.75 Å². The quantitative estimate of drug-likeness (QED) is 0.824. The molecule has 2 aromatic heterocycles. The third-order valence-corrected chi connectivity index (χ3v) is 6.27. The maximum Gasteiger partial charge on any atom is 0.272 e. The average Bonchev–Trinajstić information content (AvgIpc) is 3.01. The number of rotatable bonds is 4. The predicted molar refractivity (Wildman–Crippen MR) is 99.5 cm³/mol. The van der Waals surface area contributed by atoms with Gasteiger partial charge in [-0.25, -0.2) is 9.97 Å². The van der Waals surface area contributed by atoms with Crippen LogP contribution in [0.1, 0.15) is 70.8 Å².